The minimum absolute atomic E-state index is 0.0313. The van der Waals surface area contributed by atoms with Gasteiger partial charge in [0.2, 0.25) is 5.95 Å². The van der Waals surface area contributed by atoms with Gasteiger partial charge in [-0.2, -0.15) is 4.98 Å². The first kappa shape index (κ1) is 30.6. The first-order chi connectivity index (χ1) is 18.3. The summed E-state index contributed by atoms with van der Waals surface area (Å²) in [5.41, 5.74) is 2.60. The van der Waals surface area contributed by atoms with Gasteiger partial charge in [0.1, 0.15) is 11.8 Å². The summed E-state index contributed by atoms with van der Waals surface area (Å²) >= 11 is 5.64. The Bertz CT molecular complexity index is 1370. The van der Waals surface area contributed by atoms with Crippen molar-refractivity contribution in [2.75, 3.05) is 25.6 Å². The van der Waals surface area contributed by atoms with Crippen LogP contribution in [0.5, 0.6) is 5.75 Å². The lowest BCUT2D eigenvalue weighted by Crippen LogP contribution is -2.38. The number of hydrogen-bond donors (Lipinski definition) is 4. The number of aliphatic hydroxyl groups excluding tert-OH is 1. The van der Waals surface area contributed by atoms with Crippen LogP contribution in [-0.4, -0.2) is 68.2 Å². The number of nitrogen functional groups attached to an aromatic ring is 1. The lowest BCUT2D eigenvalue weighted by Gasteiger charge is -2.30. The highest BCUT2D eigenvalue weighted by Gasteiger charge is 2.38. The van der Waals surface area contributed by atoms with Gasteiger partial charge in [-0.1, -0.05) is 18.2 Å². The molecule has 2 heterocycles. The van der Waals surface area contributed by atoms with Crippen LogP contribution < -0.4 is 20.9 Å². The van der Waals surface area contributed by atoms with Gasteiger partial charge in [0, 0.05) is 0 Å². The third kappa shape index (κ3) is 8.03. The van der Waals surface area contributed by atoms with Gasteiger partial charge < -0.3 is 29.4 Å². The molecule has 0 aliphatic rings. The highest BCUT2D eigenvalue weighted by molar-refractivity contribution is 8.09. The van der Waals surface area contributed by atoms with Gasteiger partial charge in [-0.05, 0) is 51.6 Å². The van der Waals surface area contributed by atoms with Crippen molar-refractivity contribution in [2.24, 2.45) is 0 Å². The number of halogens is 1. The SMILES string of the molecule is CC(C)OC(=O)[C@@H](C)N[P@](=S)(OCCO[C@@H](n1cnc2c(=O)[nH]c(N)nc21)[C@](C)(F)CO)Oc1ccccc1. The molecule has 4 atom stereocenters. The van der Waals surface area contributed by atoms with Crippen molar-refractivity contribution in [3.05, 3.63) is 47.0 Å². The van der Waals surface area contributed by atoms with E-state index in [2.05, 4.69) is 20.0 Å². The van der Waals surface area contributed by atoms with Crippen LogP contribution in [-0.2, 0) is 30.6 Å². The van der Waals surface area contributed by atoms with Crippen molar-refractivity contribution in [3.8, 4) is 5.75 Å². The number of nitrogens with zero attached hydrogens (tertiary/aromatic N) is 3. The molecule has 0 aliphatic carbocycles. The summed E-state index contributed by atoms with van der Waals surface area (Å²) in [5, 5.41) is 12.6. The summed E-state index contributed by atoms with van der Waals surface area (Å²) in [7, 11) is 0. The number of aromatic amines is 1. The molecule has 0 amide bonds. The van der Waals surface area contributed by atoms with Crippen molar-refractivity contribution >= 4 is 41.5 Å². The van der Waals surface area contributed by atoms with Crippen molar-refractivity contribution in [1.29, 1.82) is 0 Å². The second kappa shape index (κ2) is 12.9. The average molecular weight is 587 g/mol. The maximum Gasteiger partial charge on any atom is 0.323 e. The van der Waals surface area contributed by atoms with Gasteiger partial charge in [0.05, 0.1) is 32.3 Å². The molecule has 0 saturated heterocycles. The number of H-pyrrole nitrogens is 1. The Labute approximate surface area is 229 Å². The van der Waals surface area contributed by atoms with E-state index in [1.54, 1.807) is 51.1 Å². The van der Waals surface area contributed by atoms with Crippen LogP contribution in [0.3, 0.4) is 0 Å². The molecule has 2 aromatic heterocycles. The second-order valence-corrected chi connectivity index (χ2v) is 12.1. The monoisotopic (exact) mass is 586 g/mol. The molecule has 3 aromatic rings. The number of fused-ring (bicyclic) bond motifs is 1. The number of aliphatic hydroxyl groups is 1. The first-order valence-electron chi connectivity index (χ1n) is 12.0. The van der Waals surface area contributed by atoms with Crippen molar-refractivity contribution in [1.82, 2.24) is 24.6 Å². The molecular formula is C23H32FN6O7PS. The normalized spacial score (nSPS) is 16.4. The summed E-state index contributed by atoms with van der Waals surface area (Å²) in [6.45, 7) is 1.44. The number of aromatic nitrogens is 4. The fourth-order valence-corrected chi connectivity index (χ4v) is 5.82. The van der Waals surface area contributed by atoms with Crippen LogP contribution in [0.2, 0.25) is 0 Å². The number of anilines is 1. The fourth-order valence-electron chi connectivity index (χ4n) is 3.39. The number of imidazole rings is 1. The zero-order valence-corrected chi connectivity index (χ0v) is 23.6. The number of nitrogens with one attached hydrogen (secondary N) is 2. The Kier molecular flexibility index (Phi) is 10.2. The molecule has 0 spiro atoms. The van der Waals surface area contributed by atoms with Crippen LogP contribution in [0.25, 0.3) is 11.2 Å². The van der Waals surface area contributed by atoms with E-state index in [1.807, 2.05) is 0 Å². The molecule has 13 nitrogen and oxygen atoms in total. The summed E-state index contributed by atoms with van der Waals surface area (Å²) in [4.78, 5) is 34.8. The van der Waals surface area contributed by atoms with Gasteiger partial charge in [-0.15, -0.1) is 0 Å². The molecule has 3 rings (SSSR count). The Morgan fingerprint density at radius 1 is 1.31 bits per heavy atom. The minimum atomic E-state index is -3.35. The van der Waals surface area contributed by atoms with E-state index in [1.165, 1.54) is 0 Å². The predicted molar refractivity (Wildman–Crippen MR) is 145 cm³/mol. The fraction of sp³-hybridized carbons (Fsp3) is 0.478. The van der Waals surface area contributed by atoms with Gasteiger partial charge in [0.15, 0.2) is 23.1 Å². The third-order valence-corrected chi connectivity index (χ3v) is 7.71. The quantitative estimate of drug-likeness (QED) is 0.123. The smallest absolute Gasteiger partial charge is 0.323 e. The van der Waals surface area contributed by atoms with E-state index in [0.717, 1.165) is 17.8 Å². The molecule has 0 bridgehead atoms. The molecule has 0 unspecified atom stereocenters. The summed E-state index contributed by atoms with van der Waals surface area (Å²) in [5.74, 6) is -0.330. The number of benzene rings is 1. The van der Waals surface area contributed by atoms with E-state index in [0.29, 0.717) is 5.75 Å². The molecule has 1 aromatic carbocycles. The van der Waals surface area contributed by atoms with Gasteiger partial charge >= 0.3 is 12.6 Å². The molecular weight excluding hydrogens is 554 g/mol. The molecule has 0 saturated carbocycles. The summed E-state index contributed by atoms with van der Waals surface area (Å²) < 4.78 is 39.3. The third-order valence-electron chi connectivity index (χ3n) is 5.17. The molecule has 5 N–H and O–H groups in total. The van der Waals surface area contributed by atoms with Gasteiger partial charge in [-0.25, -0.2) is 14.5 Å². The predicted octanol–water partition coefficient (Wildman–Crippen LogP) is 2.19. The van der Waals surface area contributed by atoms with E-state index in [9.17, 15) is 14.7 Å². The summed E-state index contributed by atoms with van der Waals surface area (Å²) in [6.07, 6.45) is -0.634. The molecule has 214 valence electrons. The highest BCUT2D eigenvalue weighted by atomic mass is 32.5. The molecule has 16 heteroatoms. The lowest BCUT2D eigenvalue weighted by molar-refractivity contribution is -0.149. The van der Waals surface area contributed by atoms with Crippen LogP contribution in [0, 0.1) is 0 Å². The Balaban J connectivity index is 1.77. The van der Waals surface area contributed by atoms with Crippen LogP contribution >= 0.6 is 6.64 Å². The highest BCUT2D eigenvalue weighted by Crippen LogP contribution is 2.45. The second-order valence-electron chi connectivity index (χ2n) is 9.01. The Hall–Kier alpha value is -2.94. The van der Waals surface area contributed by atoms with E-state index >= 15 is 4.39 Å². The van der Waals surface area contributed by atoms with Gasteiger partial charge in [-0.3, -0.25) is 19.1 Å². The standard InChI is InChI=1S/C23H32FN6O7PS/c1-14(2)36-20(33)15(3)29-38(39,37-16-8-6-5-7-9-16)35-11-10-34-21(23(4,24)12-31)30-13-26-17-18(30)27-22(25)28-19(17)32/h5-9,13-15,21,31H,10-12H2,1-4H3,(H,29,39)(H3,25,27,28,32)/t15-,21-,23-,38+/m1/s1. The number of nitrogens with two attached hydrogens (primary N) is 1. The number of alkyl halides is 1. The molecule has 0 aliphatic heterocycles. The number of esters is 1. The average Bonchev–Trinajstić information content (AvgIpc) is 3.27. The van der Waals surface area contributed by atoms with Crippen molar-refractivity contribution in [2.45, 2.75) is 51.7 Å². The molecule has 39 heavy (non-hydrogen) atoms. The zero-order valence-electron chi connectivity index (χ0n) is 21.9. The van der Waals surface area contributed by atoms with E-state index in [4.69, 9.17) is 36.1 Å². The van der Waals surface area contributed by atoms with Crippen molar-refractivity contribution in [3.63, 3.8) is 0 Å². The molecule has 0 radical (unpaired) electrons. The van der Waals surface area contributed by atoms with Crippen molar-refractivity contribution < 1.29 is 32.8 Å². The first-order valence-corrected chi connectivity index (χ1v) is 14.6. The van der Waals surface area contributed by atoms with E-state index in [-0.39, 0.29) is 36.4 Å². The number of ether oxygens (including phenoxy) is 2. The van der Waals surface area contributed by atoms with Crippen LogP contribution in [0.1, 0.15) is 33.9 Å². The van der Waals surface area contributed by atoms with Crippen LogP contribution in [0.15, 0.2) is 41.5 Å². The number of rotatable bonds is 14. The van der Waals surface area contributed by atoms with Gasteiger partial charge in [0.25, 0.3) is 5.56 Å². The van der Waals surface area contributed by atoms with Crippen LogP contribution in [0.4, 0.5) is 10.3 Å². The number of carbonyl (C=O) groups is 1. The molecule has 0 fully saturated rings. The Morgan fingerprint density at radius 2 is 2.00 bits per heavy atom. The zero-order chi connectivity index (χ0) is 28.8. The number of para-hydroxylation sites is 1. The number of carbonyl (C=O) groups excluding carboxylic acids is 1. The lowest BCUT2D eigenvalue weighted by atomic mass is 10.1. The minimum Gasteiger partial charge on any atom is -0.462 e. The number of hydrogen-bond acceptors (Lipinski definition) is 11. The largest absolute Gasteiger partial charge is 0.462 e. The summed E-state index contributed by atoms with van der Waals surface area (Å²) in [6, 6.07) is 7.79. The topological polar surface area (TPSA) is 176 Å². The Morgan fingerprint density at radius 3 is 2.64 bits per heavy atom. The van der Waals surface area contributed by atoms with E-state index < -0.39 is 42.7 Å². The maximum absolute atomic E-state index is 15.4. The maximum atomic E-state index is 15.4.